The summed E-state index contributed by atoms with van der Waals surface area (Å²) in [4.78, 5) is 4.30. The zero-order valence-electron chi connectivity index (χ0n) is 8.11. The highest BCUT2D eigenvalue weighted by Gasteiger charge is 2.03. The van der Waals surface area contributed by atoms with Gasteiger partial charge in [0, 0.05) is 0 Å². The molecule has 72 valence electrons. The van der Waals surface area contributed by atoms with Gasteiger partial charge in [0.05, 0.1) is 23.9 Å². The second kappa shape index (κ2) is 3.49. The van der Waals surface area contributed by atoms with Crippen LogP contribution in [0.25, 0.3) is 0 Å². The van der Waals surface area contributed by atoms with Crippen molar-refractivity contribution >= 4 is 11.9 Å². The highest BCUT2D eigenvalue weighted by molar-refractivity contribution is 5.79. The summed E-state index contributed by atoms with van der Waals surface area (Å²) < 4.78 is 5.13. The molecule has 2 aromatic heterocycles. The van der Waals surface area contributed by atoms with Gasteiger partial charge >= 0.3 is 0 Å². The number of H-pyrrole nitrogens is 1. The second-order valence-corrected chi connectivity index (χ2v) is 3.06. The maximum atomic E-state index is 5.13. The Labute approximate surface area is 81.7 Å². The maximum Gasteiger partial charge on any atom is 0.144 e. The standard InChI is InChI=1S/C10H11N3O/c1-7-10(8(2)13-12-7)11-6-9-4-3-5-14-9/h3-6H,1-2H3,(H,12,13). The summed E-state index contributed by atoms with van der Waals surface area (Å²) in [6.07, 6.45) is 3.31. The molecule has 0 aliphatic rings. The number of aliphatic imine (C=N–C) groups is 1. The Morgan fingerprint density at radius 2 is 2.36 bits per heavy atom. The lowest BCUT2D eigenvalue weighted by atomic mass is 10.3. The number of hydrogen-bond acceptors (Lipinski definition) is 3. The van der Waals surface area contributed by atoms with E-state index in [0.717, 1.165) is 22.8 Å². The van der Waals surface area contributed by atoms with Gasteiger partial charge in [-0.05, 0) is 26.0 Å². The molecule has 14 heavy (non-hydrogen) atoms. The van der Waals surface area contributed by atoms with E-state index in [9.17, 15) is 0 Å². The Morgan fingerprint density at radius 3 is 2.93 bits per heavy atom. The van der Waals surface area contributed by atoms with Crippen LogP contribution in [0.1, 0.15) is 17.1 Å². The van der Waals surface area contributed by atoms with Gasteiger partial charge in [-0.15, -0.1) is 0 Å². The highest BCUT2D eigenvalue weighted by atomic mass is 16.3. The van der Waals surface area contributed by atoms with Crippen LogP contribution in [0.2, 0.25) is 0 Å². The van der Waals surface area contributed by atoms with Crippen molar-refractivity contribution in [1.29, 1.82) is 0 Å². The number of aromatic amines is 1. The number of furan rings is 1. The normalized spacial score (nSPS) is 11.3. The van der Waals surface area contributed by atoms with E-state index >= 15 is 0 Å². The lowest BCUT2D eigenvalue weighted by Crippen LogP contribution is -1.75. The van der Waals surface area contributed by atoms with Crippen LogP contribution in [0.3, 0.4) is 0 Å². The number of rotatable bonds is 2. The molecule has 1 N–H and O–H groups in total. The van der Waals surface area contributed by atoms with Crippen LogP contribution in [0.15, 0.2) is 27.8 Å². The Hall–Kier alpha value is -1.84. The minimum Gasteiger partial charge on any atom is -0.463 e. The molecule has 0 atom stereocenters. The molecule has 0 aliphatic heterocycles. The Bertz CT molecular complexity index is 420. The average molecular weight is 189 g/mol. The quantitative estimate of drug-likeness (QED) is 0.737. The molecule has 0 saturated carbocycles. The fraction of sp³-hybridized carbons (Fsp3) is 0.200. The van der Waals surface area contributed by atoms with E-state index in [1.807, 2.05) is 26.0 Å². The van der Waals surface area contributed by atoms with Crippen molar-refractivity contribution in [3.63, 3.8) is 0 Å². The molecule has 0 amide bonds. The van der Waals surface area contributed by atoms with Crippen molar-refractivity contribution in [2.45, 2.75) is 13.8 Å². The molecule has 0 aliphatic carbocycles. The summed E-state index contributed by atoms with van der Waals surface area (Å²) in [6.45, 7) is 3.85. The van der Waals surface area contributed by atoms with Gasteiger partial charge in [0.25, 0.3) is 0 Å². The third-order valence-corrected chi connectivity index (χ3v) is 1.95. The summed E-state index contributed by atoms with van der Waals surface area (Å²) in [5.74, 6) is 0.741. The molecule has 4 nitrogen and oxygen atoms in total. The molecule has 0 spiro atoms. The molecule has 2 rings (SSSR count). The molecule has 0 aromatic carbocycles. The first-order chi connectivity index (χ1) is 6.77. The lowest BCUT2D eigenvalue weighted by molar-refractivity contribution is 0.560. The fourth-order valence-electron chi connectivity index (χ4n) is 1.23. The van der Waals surface area contributed by atoms with Crippen molar-refractivity contribution in [3.05, 3.63) is 35.5 Å². The third-order valence-electron chi connectivity index (χ3n) is 1.95. The van der Waals surface area contributed by atoms with Gasteiger partial charge in [-0.1, -0.05) is 0 Å². The van der Waals surface area contributed by atoms with E-state index in [-0.39, 0.29) is 0 Å². The molecular formula is C10H11N3O. The Balaban J connectivity index is 2.26. The van der Waals surface area contributed by atoms with E-state index in [2.05, 4.69) is 15.2 Å². The Morgan fingerprint density at radius 1 is 1.50 bits per heavy atom. The van der Waals surface area contributed by atoms with Crippen LogP contribution in [0.4, 0.5) is 5.69 Å². The molecule has 0 fully saturated rings. The van der Waals surface area contributed by atoms with Crippen molar-refractivity contribution in [2.24, 2.45) is 4.99 Å². The minimum absolute atomic E-state index is 0.741. The van der Waals surface area contributed by atoms with Crippen molar-refractivity contribution < 1.29 is 4.42 Å². The second-order valence-electron chi connectivity index (χ2n) is 3.06. The van der Waals surface area contributed by atoms with E-state index in [4.69, 9.17) is 4.42 Å². The summed E-state index contributed by atoms with van der Waals surface area (Å²) in [7, 11) is 0. The first-order valence-electron chi connectivity index (χ1n) is 4.36. The number of nitrogens with one attached hydrogen (secondary N) is 1. The van der Waals surface area contributed by atoms with E-state index in [1.54, 1.807) is 12.5 Å². The number of aryl methyl sites for hydroxylation is 2. The van der Waals surface area contributed by atoms with Crippen molar-refractivity contribution in [1.82, 2.24) is 10.2 Å². The van der Waals surface area contributed by atoms with Crippen molar-refractivity contribution in [3.8, 4) is 0 Å². The molecule has 0 bridgehead atoms. The molecule has 2 heterocycles. The van der Waals surface area contributed by atoms with Gasteiger partial charge in [0.1, 0.15) is 11.4 Å². The Kier molecular flexibility index (Phi) is 2.18. The smallest absolute Gasteiger partial charge is 0.144 e. The monoisotopic (exact) mass is 189 g/mol. The molecular weight excluding hydrogens is 178 g/mol. The zero-order valence-corrected chi connectivity index (χ0v) is 8.11. The van der Waals surface area contributed by atoms with Crippen LogP contribution in [0, 0.1) is 13.8 Å². The zero-order chi connectivity index (χ0) is 9.97. The summed E-state index contributed by atoms with van der Waals surface area (Å²) in [6, 6.07) is 3.69. The highest BCUT2D eigenvalue weighted by Crippen LogP contribution is 2.19. The summed E-state index contributed by atoms with van der Waals surface area (Å²) in [5, 5.41) is 6.92. The van der Waals surface area contributed by atoms with Gasteiger partial charge in [0.15, 0.2) is 0 Å². The average Bonchev–Trinajstić information content (AvgIpc) is 2.76. The number of nitrogens with zero attached hydrogens (tertiary/aromatic N) is 2. The van der Waals surface area contributed by atoms with Crippen molar-refractivity contribution in [2.75, 3.05) is 0 Å². The fourth-order valence-corrected chi connectivity index (χ4v) is 1.23. The third kappa shape index (κ3) is 1.59. The van der Waals surface area contributed by atoms with Gasteiger partial charge in [0.2, 0.25) is 0 Å². The van der Waals surface area contributed by atoms with Gasteiger partial charge in [-0.3, -0.25) is 5.10 Å². The molecule has 0 saturated heterocycles. The van der Waals surface area contributed by atoms with Crippen LogP contribution in [-0.2, 0) is 0 Å². The SMILES string of the molecule is Cc1n[nH]c(C)c1N=Cc1ccco1. The summed E-state index contributed by atoms with van der Waals surface area (Å²) >= 11 is 0. The van der Waals surface area contributed by atoms with Gasteiger partial charge < -0.3 is 4.42 Å². The topological polar surface area (TPSA) is 54.2 Å². The maximum absolute atomic E-state index is 5.13. The molecule has 2 aromatic rings. The number of aromatic nitrogens is 2. The largest absolute Gasteiger partial charge is 0.463 e. The number of hydrogen-bond donors (Lipinski definition) is 1. The van der Waals surface area contributed by atoms with E-state index in [1.165, 1.54) is 0 Å². The van der Waals surface area contributed by atoms with Gasteiger partial charge in [-0.2, -0.15) is 5.10 Å². The van der Waals surface area contributed by atoms with Crippen LogP contribution in [0.5, 0.6) is 0 Å². The van der Waals surface area contributed by atoms with Crippen LogP contribution >= 0.6 is 0 Å². The van der Waals surface area contributed by atoms with Crippen LogP contribution < -0.4 is 0 Å². The molecule has 0 radical (unpaired) electrons. The predicted octanol–water partition coefficient (Wildman–Crippen LogP) is 2.37. The first kappa shape index (κ1) is 8.74. The molecule has 0 unspecified atom stereocenters. The predicted molar refractivity (Wildman–Crippen MR) is 54.0 cm³/mol. The van der Waals surface area contributed by atoms with Crippen LogP contribution in [-0.4, -0.2) is 16.4 Å². The minimum atomic E-state index is 0.741. The molecule has 4 heteroatoms. The lowest BCUT2D eigenvalue weighted by Gasteiger charge is -1.90. The summed E-state index contributed by atoms with van der Waals surface area (Å²) in [5.41, 5.74) is 2.73. The van der Waals surface area contributed by atoms with Gasteiger partial charge in [-0.25, -0.2) is 4.99 Å². The first-order valence-corrected chi connectivity index (χ1v) is 4.36. The van der Waals surface area contributed by atoms with E-state index < -0.39 is 0 Å². The van der Waals surface area contributed by atoms with E-state index in [0.29, 0.717) is 0 Å².